The Morgan fingerprint density at radius 1 is 0.321 bits per heavy atom. The molecule has 2 aliphatic rings. The van der Waals surface area contributed by atoms with Crippen molar-refractivity contribution in [3.05, 3.63) is 186 Å². The van der Waals surface area contributed by atoms with Crippen molar-refractivity contribution in [2.24, 2.45) is 0 Å². The van der Waals surface area contributed by atoms with Gasteiger partial charge in [-0.15, -0.1) is 0 Å². The smallest absolute Gasteiger partial charge is 0.0462 e. The predicted molar refractivity (Wildman–Crippen MR) is 226 cm³/mol. The van der Waals surface area contributed by atoms with E-state index in [1.54, 1.807) is 11.1 Å². The molecule has 0 radical (unpaired) electrons. The molecule has 0 unspecified atom stereocenters. The van der Waals surface area contributed by atoms with Gasteiger partial charge in [-0.1, -0.05) is 121 Å². The highest BCUT2D eigenvalue weighted by Gasteiger charge is 2.24. The standard InChI is InChI=1S/C52H43N/c1-3-19-40(20-4-1)53(41-21-5-2-6-22-41)42-32-29-36(30-33-42)39-31-34-49-50(35-39)52(46-28-14-18-38-16-8-10-24-44(38)46)48-26-12-11-25-47(48)51(49)45-27-13-17-37-15-7-9-23-43(37)45/h1-6,11-14,17-22,25-35H,7-10,15-16,23-24H2. The topological polar surface area (TPSA) is 3.24 Å². The molecule has 0 amide bonds. The fourth-order valence-corrected chi connectivity index (χ4v) is 9.37. The molecule has 256 valence electrons. The van der Waals surface area contributed by atoms with Crippen LogP contribution in [-0.2, 0) is 25.7 Å². The summed E-state index contributed by atoms with van der Waals surface area (Å²) < 4.78 is 0. The minimum absolute atomic E-state index is 1.14. The van der Waals surface area contributed by atoms with E-state index in [4.69, 9.17) is 0 Å². The van der Waals surface area contributed by atoms with E-state index in [1.807, 2.05) is 0 Å². The van der Waals surface area contributed by atoms with Gasteiger partial charge >= 0.3 is 0 Å². The molecule has 0 saturated carbocycles. The minimum Gasteiger partial charge on any atom is -0.311 e. The Kier molecular flexibility index (Phi) is 8.14. The van der Waals surface area contributed by atoms with Gasteiger partial charge in [0, 0.05) is 17.1 Å². The van der Waals surface area contributed by atoms with Gasteiger partial charge in [0.25, 0.3) is 0 Å². The van der Waals surface area contributed by atoms with Gasteiger partial charge in [-0.25, -0.2) is 0 Å². The molecule has 0 atom stereocenters. The van der Waals surface area contributed by atoms with E-state index in [2.05, 4.69) is 169 Å². The van der Waals surface area contributed by atoms with Crippen LogP contribution >= 0.6 is 0 Å². The van der Waals surface area contributed by atoms with Crippen molar-refractivity contribution in [1.29, 1.82) is 0 Å². The predicted octanol–water partition coefficient (Wildman–Crippen LogP) is 14.2. The minimum atomic E-state index is 1.14. The third kappa shape index (κ3) is 5.63. The zero-order valence-corrected chi connectivity index (χ0v) is 30.2. The van der Waals surface area contributed by atoms with Crippen LogP contribution in [0.4, 0.5) is 17.1 Å². The Bertz CT molecular complexity index is 2560. The molecule has 8 aromatic carbocycles. The first-order valence-electron chi connectivity index (χ1n) is 19.5. The van der Waals surface area contributed by atoms with E-state index in [0.717, 1.165) is 29.9 Å². The molecule has 53 heavy (non-hydrogen) atoms. The molecule has 0 aromatic heterocycles. The normalized spacial score (nSPS) is 13.8. The second-order valence-electron chi connectivity index (χ2n) is 14.9. The van der Waals surface area contributed by atoms with Crippen molar-refractivity contribution >= 4 is 38.6 Å². The largest absolute Gasteiger partial charge is 0.311 e. The Morgan fingerprint density at radius 2 is 0.774 bits per heavy atom. The van der Waals surface area contributed by atoms with Crippen molar-refractivity contribution in [2.45, 2.75) is 51.4 Å². The van der Waals surface area contributed by atoms with Crippen molar-refractivity contribution in [3.8, 4) is 33.4 Å². The number of benzene rings is 8. The van der Waals surface area contributed by atoms with Crippen LogP contribution < -0.4 is 4.90 Å². The van der Waals surface area contributed by atoms with Gasteiger partial charge in [0.05, 0.1) is 0 Å². The molecular formula is C52H43N. The van der Waals surface area contributed by atoms with Gasteiger partial charge in [0.1, 0.15) is 0 Å². The fourth-order valence-electron chi connectivity index (χ4n) is 9.37. The van der Waals surface area contributed by atoms with Crippen molar-refractivity contribution in [3.63, 3.8) is 0 Å². The third-order valence-electron chi connectivity index (χ3n) is 11.8. The van der Waals surface area contributed by atoms with Crippen LogP contribution in [0.15, 0.2) is 164 Å². The average Bonchev–Trinajstić information content (AvgIpc) is 3.23. The maximum atomic E-state index is 2.50. The number of hydrogen-bond acceptors (Lipinski definition) is 1. The Morgan fingerprint density at radius 3 is 1.34 bits per heavy atom. The average molecular weight is 682 g/mol. The van der Waals surface area contributed by atoms with Gasteiger partial charge in [-0.05, 0) is 171 Å². The van der Waals surface area contributed by atoms with Crippen LogP contribution in [0, 0.1) is 0 Å². The Balaban J connectivity index is 1.20. The van der Waals surface area contributed by atoms with E-state index < -0.39 is 0 Å². The lowest BCUT2D eigenvalue weighted by Crippen LogP contribution is -2.09. The second-order valence-corrected chi connectivity index (χ2v) is 14.9. The summed E-state index contributed by atoms with van der Waals surface area (Å²) in [5.74, 6) is 0. The molecule has 0 heterocycles. The highest BCUT2D eigenvalue weighted by molar-refractivity contribution is 6.22. The van der Waals surface area contributed by atoms with Crippen LogP contribution in [-0.4, -0.2) is 0 Å². The van der Waals surface area contributed by atoms with E-state index >= 15 is 0 Å². The summed E-state index contributed by atoms with van der Waals surface area (Å²) in [6.45, 7) is 0. The Labute approximate surface area is 313 Å². The van der Waals surface area contributed by atoms with Gasteiger partial charge in [0.15, 0.2) is 0 Å². The van der Waals surface area contributed by atoms with Crippen LogP contribution in [0.3, 0.4) is 0 Å². The molecule has 0 bridgehead atoms. The zero-order valence-electron chi connectivity index (χ0n) is 30.2. The van der Waals surface area contributed by atoms with Crippen LogP contribution in [0.1, 0.15) is 47.9 Å². The molecule has 2 aliphatic carbocycles. The first-order valence-corrected chi connectivity index (χ1v) is 19.5. The number of anilines is 3. The molecule has 0 spiro atoms. The first kappa shape index (κ1) is 31.8. The highest BCUT2D eigenvalue weighted by atomic mass is 15.1. The van der Waals surface area contributed by atoms with Crippen molar-refractivity contribution in [1.82, 2.24) is 0 Å². The second kappa shape index (κ2) is 13.6. The van der Waals surface area contributed by atoms with E-state index in [0.29, 0.717) is 0 Å². The number of fused-ring (bicyclic) bond motifs is 4. The summed E-state index contributed by atoms with van der Waals surface area (Å²) >= 11 is 0. The van der Waals surface area contributed by atoms with Crippen LogP contribution in [0.25, 0.3) is 54.9 Å². The quantitative estimate of drug-likeness (QED) is 0.158. The molecule has 0 fully saturated rings. The molecule has 0 N–H and O–H groups in total. The summed E-state index contributed by atoms with van der Waals surface area (Å²) in [4.78, 5) is 2.33. The molecule has 0 saturated heterocycles. The van der Waals surface area contributed by atoms with Crippen molar-refractivity contribution < 1.29 is 0 Å². The maximum absolute atomic E-state index is 2.50. The van der Waals surface area contributed by atoms with E-state index in [1.165, 1.54) is 105 Å². The SMILES string of the molecule is c1ccc(N(c2ccccc2)c2ccc(-c3ccc4c(-c5cccc6c5CCCC6)c5ccccc5c(-c5cccc6c5CCCC6)c4c3)cc2)cc1. The third-order valence-corrected chi connectivity index (χ3v) is 11.8. The van der Waals surface area contributed by atoms with E-state index in [-0.39, 0.29) is 0 Å². The lowest BCUT2D eigenvalue weighted by atomic mass is 9.79. The molecular weight excluding hydrogens is 639 g/mol. The molecule has 1 nitrogen and oxygen atoms in total. The van der Waals surface area contributed by atoms with Crippen LogP contribution in [0.2, 0.25) is 0 Å². The number of para-hydroxylation sites is 2. The number of hydrogen-bond donors (Lipinski definition) is 0. The van der Waals surface area contributed by atoms with Gasteiger partial charge < -0.3 is 4.90 Å². The monoisotopic (exact) mass is 681 g/mol. The lowest BCUT2D eigenvalue weighted by Gasteiger charge is -2.26. The number of nitrogens with zero attached hydrogens (tertiary/aromatic N) is 1. The van der Waals surface area contributed by atoms with Crippen molar-refractivity contribution in [2.75, 3.05) is 4.90 Å². The summed E-state index contributed by atoms with van der Waals surface area (Å²) in [5, 5.41) is 5.42. The Hall–Kier alpha value is -5.92. The number of rotatable bonds is 6. The summed E-state index contributed by atoms with van der Waals surface area (Å²) in [6.07, 6.45) is 9.75. The van der Waals surface area contributed by atoms with Gasteiger partial charge in [0.2, 0.25) is 0 Å². The van der Waals surface area contributed by atoms with E-state index in [9.17, 15) is 0 Å². The fraction of sp³-hybridized carbons (Fsp3) is 0.154. The number of aryl methyl sites for hydroxylation is 2. The molecule has 1 heteroatoms. The highest BCUT2D eigenvalue weighted by Crippen LogP contribution is 2.48. The van der Waals surface area contributed by atoms with Gasteiger partial charge in [-0.2, -0.15) is 0 Å². The molecule has 0 aliphatic heterocycles. The summed E-state index contributed by atoms with van der Waals surface area (Å²) in [7, 11) is 0. The first-order chi connectivity index (χ1) is 26.3. The van der Waals surface area contributed by atoms with Crippen LogP contribution in [0.5, 0.6) is 0 Å². The molecule has 10 rings (SSSR count). The van der Waals surface area contributed by atoms with Gasteiger partial charge in [-0.3, -0.25) is 0 Å². The molecule has 8 aromatic rings. The maximum Gasteiger partial charge on any atom is 0.0462 e. The summed E-state index contributed by atoms with van der Waals surface area (Å²) in [6, 6.07) is 61.1. The summed E-state index contributed by atoms with van der Waals surface area (Å²) in [5.41, 5.74) is 17.7. The zero-order chi connectivity index (χ0) is 35.1. The lowest BCUT2D eigenvalue weighted by molar-refractivity contribution is 0.687.